The number of hydrogen-bond acceptors (Lipinski definition) is 5. The monoisotopic (exact) mass is 302 g/mol. The van der Waals surface area contributed by atoms with Gasteiger partial charge in [-0.05, 0) is 24.1 Å². The fraction of sp³-hybridized carbons (Fsp3) is 0.333. The molecule has 0 radical (unpaired) electrons. The van der Waals surface area contributed by atoms with Crippen LogP contribution in [0, 0.1) is 5.92 Å². The second-order valence-corrected chi connectivity index (χ2v) is 5.10. The summed E-state index contributed by atoms with van der Waals surface area (Å²) < 4.78 is 4.68. The standard InChI is InChI=1S/C15H18N4O3/c1-9(2)13(14(20)22-3)19-15(21)18-10-4-5-11-12(8-10)17-7-6-16-11/h4-9,13H,1-3H3,(H2,18,19,21). The number of carbonyl (C=O) groups is 2. The van der Waals surface area contributed by atoms with Crippen LogP contribution < -0.4 is 10.6 Å². The van der Waals surface area contributed by atoms with E-state index in [4.69, 9.17) is 0 Å². The zero-order valence-corrected chi connectivity index (χ0v) is 12.7. The van der Waals surface area contributed by atoms with Crippen molar-refractivity contribution in [3.05, 3.63) is 30.6 Å². The van der Waals surface area contributed by atoms with E-state index in [0.29, 0.717) is 11.2 Å². The van der Waals surface area contributed by atoms with Gasteiger partial charge >= 0.3 is 12.0 Å². The molecular formula is C15H18N4O3. The molecule has 22 heavy (non-hydrogen) atoms. The number of nitrogens with one attached hydrogen (secondary N) is 2. The Labute approximate surface area is 128 Å². The van der Waals surface area contributed by atoms with Gasteiger partial charge < -0.3 is 15.4 Å². The van der Waals surface area contributed by atoms with Crippen LogP contribution in [-0.2, 0) is 9.53 Å². The Balaban J connectivity index is 2.08. The number of esters is 1. The number of anilines is 1. The van der Waals surface area contributed by atoms with Gasteiger partial charge in [-0.2, -0.15) is 0 Å². The molecule has 2 aromatic rings. The van der Waals surface area contributed by atoms with Crippen LogP contribution in [0.2, 0.25) is 0 Å². The van der Waals surface area contributed by atoms with E-state index in [-0.39, 0.29) is 5.92 Å². The van der Waals surface area contributed by atoms with Crippen LogP contribution in [0.1, 0.15) is 13.8 Å². The van der Waals surface area contributed by atoms with Crippen LogP contribution in [0.15, 0.2) is 30.6 Å². The Morgan fingerprint density at radius 2 is 1.82 bits per heavy atom. The molecule has 2 rings (SSSR count). The highest BCUT2D eigenvalue weighted by Gasteiger charge is 2.24. The Hall–Kier alpha value is -2.70. The third kappa shape index (κ3) is 3.69. The van der Waals surface area contributed by atoms with Gasteiger partial charge in [0.05, 0.1) is 18.1 Å². The van der Waals surface area contributed by atoms with Crippen molar-refractivity contribution >= 4 is 28.7 Å². The second-order valence-electron chi connectivity index (χ2n) is 5.10. The number of amides is 2. The third-order valence-corrected chi connectivity index (χ3v) is 3.14. The van der Waals surface area contributed by atoms with Crippen molar-refractivity contribution in [2.45, 2.75) is 19.9 Å². The lowest BCUT2D eigenvalue weighted by atomic mass is 10.1. The van der Waals surface area contributed by atoms with Crippen molar-refractivity contribution in [1.82, 2.24) is 15.3 Å². The highest BCUT2D eigenvalue weighted by Crippen LogP contribution is 2.15. The summed E-state index contributed by atoms with van der Waals surface area (Å²) in [6.07, 6.45) is 3.18. The Kier molecular flexibility index (Phi) is 4.88. The number of ether oxygens (including phenoxy) is 1. The lowest BCUT2D eigenvalue weighted by Gasteiger charge is -2.20. The molecule has 0 aliphatic rings. The van der Waals surface area contributed by atoms with Crippen LogP contribution >= 0.6 is 0 Å². The molecular weight excluding hydrogens is 284 g/mol. The molecule has 1 atom stereocenters. The van der Waals surface area contributed by atoms with E-state index in [2.05, 4.69) is 25.3 Å². The lowest BCUT2D eigenvalue weighted by molar-refractivity contribution is -0.143. The average molecular weight is 302 g/mol. The molecule has 0 aliphatic heterocycles. The first-order valence-electron chi connectivity index (χ1n) is 6.87. The van der Waals surface area contributed by atoms with Gasteiger partial charge in [-0.1, -0.05) is 13.8 Å². The molecule has 0 saturated carbocycles. The number of aromatic nitrogens is 2. The predicted octanol–water partition coefficient (Wildman–Crippen LogP) is 1.95. The van der Waals surface area contributed by atoms with Crippen LogP contribution in [0.25, 0.3) is 11.0 Å². The molecule has 0 spiro atoms. The molecule has 0 saturated heterocycles. The van der Waals surface area contributed by atoms with E-state index in [9.17, 15) is 9.59 Å². The Morgan fingerprint density at radius 1 is 1.14 bits per heavy atom. The SMILES string of the molecule is COC(=O)C(NC(=O)Nc1ccc2nccnc2c1)C(C)C. The first-order valence-corrected chi connectivity index (χ1v) is 6.87. The Bertz CT molecular complexity index is 687. The number of benzene rings is 1. The van der Waals surface area contributed by atoms with Crippen molar-refractivity contribution in [3.8, 4) is 0 Å². The summed E-state index contributed by atoms with van der Waals surface area (Å²) in [7, 11) is 1.29. The molecule has 1 aromatic carbocycles. The lowest BCUT2D eigenvalue weighted by Crippen LogP contribution is -2.46. The number of fused-ring (bicyclic) bond motifs is 1. The normalized spacial score (nSPS) is 12.0. The summed E-state index contributed by atoms with van der Waals surface area (Å²) in [6, 6.07) is 4.01. The number of methoxy groups -OCH3 is 1. The zero-order chi connectivity index (χ0) is 16.1. The van der Waals surface area contributed by atoms with Crippen molar-refractivity contribution in [2.24, 2.45) is 5.92 Å². The van der Waals surface area contributed by atoms with E-state index in [1.54, 1.807) is 30.6 Å². The van der Waals surface area contributed by atoms with Crippen LogP contribution in [0.4, 0.5) is 10.5 Å². The molecule has 1 aromatic heterocycles. The quantitative estimate of drug-likeness (QED) is 0.842. The fourth-order valence-corrected chi connectivity index (χ4v) is 1.97. The highest BCUT2D eigenvalue weighted by molar-refractivity contribution is 5.94. The predicted molar refractivity (Wildman–Crippen MR) is 82.3 cm³/mol. The molecule has 1 unspecified atom stereocenters. The minimum Gasteiger partial charge on any atom is -0.467 e. The summed E-state index contributed by atoms with van der Waals surface area (Å²) in [5.41, 5.74) is 1.98. The van der Waals surface area contributed by atoms with Gasteiger partial charge in [0.1, 0.15) is 6.04 Å². The maximum Gasteiger partial charge on any atom is 0.328 e. The van der Waals surface area contributed by atoms with Crippen LogP contribution in [0.3, 0.4) is 0 Å². The first kappa shape index (κ1) is 15.7. The average Bonchev–Trinajstić information content (AvgIpc) is 2.51. The van der Waals surface area contributed by atoms with Crippen LogP contribution in [0.5, 0.6) is 0 Å². The van der Waals surface area contributed by atoms with Gasteiger partial charge in [0.2, 0.25) is 0 Å². The van der Waals surface area contributed by atoms with Crippen molar-refractivity contribution in [1.29, 1.82) is 0 Å². The summed E-state index contributed by atoms with van der Waals surface area (Å²) >= 11 is 0. The summed E-state index contributed by atoms with van der Waals surface area (Å²) in [6.45, 7) is 3.65. The summed E-state index contributed by atoms with van der Waals surface area (Å²) in [4.78, 5) is 32.0. The van der Waals surface area contributed by atoms with Gasteiger partial charge in [-0.3, -0.25) is 9.97 Å². The van der Waals surface area contributed by atoms with Crippen molar-refractivity contribution < 1.29 is 14.3 Å². The molecule has 2 N–H and O–H groups in total. The number of carbonyl (C=O) groups excluding carboxylic acids is 2. The third-order valence-electron chi connectivity index (χ3n) is 3.14. The van der Waals surface area contributed by atoms with Crippen molar-refractivity contribution in [2.75, 3.05) is 12.4 Å². The number of rotatable bonds is 4. The van der Waals surface area contributed by atoms with E-state index in [0.717, 1.165) is 5.52 Å². The second kappa shape index (κ2) is 6.84. The maximum atomic E-state index is 12.0. The molecule has 7 heteroatoms. The summed E-state index contributed by atoms with van der Waals surface area (Å²) in [5, 5.41) is 5.28. The number of hydrogen-bond donors (Lipinski definition) is 2. The molecule has 0 aliphatic carbocycles. The largest absolute Gasteiger partial charge is 0.467 e. The molecule has 0 fully saturated rings. The van der Waals surface area contributed by atoms with E-state index in [1.165, 1.54) is 7.11 Å². The first-order chi connectivity index (χ1) is 10.5. The Morgan fingerprint density at radius 3 is 2.45 bits per heavy atom. The highest BCUT2D eigenvalue weighted by atomic mass is 16.5. The molecule has 1 heterocycles. The van der Waals surface area contributed by atoms with Gasteiger partial charge in [0.15, 0.2) is 0 Å². The topological polar surface area (TPSA) is 93.2 Å². The van der Waals surface area contributed by atoms with Crippen molar-refractivity contribution in [3.63, 3.8) is 0 Å². The zero-order valence-electron chi connectivity index (χ0n) is 12.7. The minimum atomic E-state index is -0.703. The van der Waals surface area contributed by atoms with Gasteiger partial charge in [0.25, 0.3) is 0 Å². The van der Waals surface area contributed by atoms with E-state index >= 15 is 0 Å². The number of nitrogens with zero attached hydrogens (tertiary/aromatic N) is 2. The smallest absolute Gasteiger partial charge is 0.328 e. The molecule has 2 amide bonds. The maximum absolute atomic E-state index is 12.0. The van der Waals surface area contributed by atoms with Gasteiger partial charge in [-0.25, -0.2) is 9.59 Å². The molecule has 7 nitrogen and oxygen atoms in total. The van der Waals surface area contributed by atoms with E-state index < -0.39 is 18.0 Å². The van der Waals surface area contributed by atoms with Crippen LogP contribution in [-0.4, -0.2) is 35.1 Å². The fourth-order valence-electron chi connectivity index (χ4n) is 1.97. The van der Waals surface area contributed by atoms with E-state index in [1.807, 2.05) is 13.8 Å². The molecule has 116 valence electrons. The summed E-state index contributed by atoms with van der Waals surface area (Å²) in [5.74, 6) is -0.560. The number of urea groups is 1. The van der Waals surface area contributed by atoms with Gasteiger partial charge in [0, 0.05) is 18.1 Å². The molecule has 0 bridgehead atoms. The van der Waals surface area contributed by atoms with Gasteiger partial charge in [-0.15, -0.1) is 0 Å². The minimum absolute atomic E-state index is 0.0827.